The lowest BCUT2D eigenvalue weighted by molar-refractivity contribution is -0.128. The average molecular weight is 795 g/mol. The van der Waals surface area contributed by atoms with Crippen molar-refractivity contribution in [2.75, 3.05) is 39.3 Å². The summed E-state index contributed by atoms with van der Waals surface area (Å²) in [7, 11) is -2.23. The van der Waals surface area contributed by atoms with Crippen LogP contribution in [0.2, 0.25) is 18.1 Å². The number of benzene rings is 2. The fourth-order valence-electron chi connectivity index (χ4n) is 7.17. The number of fused-ring (bicyclic) bond motifs is 1. The van der Waals surface area contributed by atoms with Crippen molar-refractivity contribution in [1.29, 1.82) is 0 Å². The molecule has 10 nitrogen and oxygen atoms in total. The zero-order valence-corrected chi connectivity index (χ0v) is 35.3. The van der Waals surface area contributed by atoms with E-state index >= 15 is 0 Å². The molecule has 4 aromatic rings. The van der Waals surface area contributed by atoms with Crippen molar-refractivity contribution in [2.45, 2.75) is 102 Å². The number of rotatable bonds is 12. The number of nitrogens with zero attached hydrogens (tertiary/aromatic N) is 3. The number of aromatic nitrogens is 2. The van der Waals surface area contributed by atoms with E-state index in [1.807, 2.05) is 16.3 Å². The molecule has 2 fully saturated rings. The zero-order chi connectivity index (χ0) is 38.8. The zero-order valence-electron chi connectivity index (χ0n) is 32.7. The van der Waals surface area contributed by atoms with Crippen molar-refractivity contribution >= 4 is 48.1 Å². The Bertz CT molecular complexity index is 1990. The number of nitrogens with one attached hydrogen (secondary N) is 2. The molecule has 2 saturated heterocycles. The highest BCUT2D eigenvalue weighted by Gasteiger charge is 2.42. The van der Waals surface area contributed by atoms with E-state index in [0.717, 1.165) is 54.0 Å². The SMILES string of the molecule is CC(C)c1nc(C(=O)N2CCOC3(CCN(Cc4cccc(CC(Cl)NCC(O[Si](C)(C)C(C)(C)C)c5ccc(O)c6[nH]c(=O)ccc56)c4)CC3)C2)cs1. The van der Waals surface area contributed by atoms with Crippen molar-refractivity contribution in [3.05, 3.63) is 91.7 Å². The standard InChI is InChI=1S/C41H56ClN5O5SSi/c1-27(2)38-44-32(25-53-38)39(50)47-19-20-51-41(26-47)15-17-46(18-16-41)24-29-10-8-9-28(21-29)22-35(42)43-23-34(52-54(6,7)40(3,4)5)30-11-13-33(48)37-31(30)12-14-36(49)45-37/h8-14,21,25,27,34-35,43,48H,15-20,22-24,26H2,1-7H3,(H,45,49). The van der Waals surface area contributed by atoms with Gasteiger partial charge in [0, 0.05) is 61.9 Å². The maximum atomic E-state index is 13.3. The fourth-order valence-corrected chi connectivity index (χ4v) is 9.52. The van der Waals surface area contributed by atoms with Gasteiger partial charge in [-0.1, -0.05) is 65.0 Å². The Morgan fingerprint density at radius 2 is 1.87 bits per heavy atom. The van der Waals surface area contributed by atoms with E-state index < -0.39 is 8.32 Å². The number of pyridine rings is 1. The highest BCUT2D eigenvalue weighted by atomic mass is 35.5. The van der Waals surface area contributed by atoms with E-state index in [0.29, 0.717) is 49.8 Å². The smallest absolute Gasteiger partial charge is 0.273 e. The number of phenols is 1. The van der Waals surface area contributed by atoms with Crippen LogP contribution in [0.25, 0.3) is 10.9 Å². The predicted octanol–water partition coefficient (Wildman–Crippen LogP) is 7.78. The second-order valence-electron chi connectivity index (χ2n) is 16.8. The normalized spacial score (nSPS) is 18.1. The van der Waals surface area contributed by atoms with Gasteiger partial charge in [-0.05, 0) is 59.8 Å². The molecule has 1 spiro atoms. The molecule has 0 saturated carbocycles. The Kier molecular flexibility index (Phi) is 12.4. The number of morpholine rings is 1. The number of aromatic amines is 1. The quantitative estimate of drug-likeness (QED) is 0.0757. The third-order valence-corrected chi connectivity index (χ3v) is 17.3. The third kappa shape index (κ3) is 9.46. The van der Waals surface area contributed by atoms with Crippen molar-refractivity contribution < 1.29 is 19.1 Å². The summed E-state index contributed by atoms with van der Waals surface area (Å²) in [5.74, 6) is 0.348. The maximum absolute atomic E-state index is 13.3. The van der Waals surface area contributed by atoms with Gasteiger partial charge < -0.3 is 24.2 Å². The number of piperidine rings is 1. The Morgan fingerprint density at radius 1 is 1.13 bits per heavy atom. The molecule has 2 unspecified atom stereocenters. The molecular weight excluding hydrogens is 738 g/mol. The second-order valence-corrected chi connectivity index (χ2v) is 23.0. The molecule has 4 heterocycles. The number of H-pyrrole nitrogens is 1. The summed E-state index contributed by atoms with van der Waals surface area (Å²) in [6, 6.07) is 15.4. The van der Waals surface area contributed by atoms with Crippen LogP contribution in [-0.2, 0) is 22.1 Å². The van der Waals surface area contributed by atoms with Gasteiger partial charge in [-0.2, -0.15) is 0 Å². The van der Waals surface area contributed by atoms with E-state index in [1.165, 1.54) is 11.6 Å². The topological polar surface area (TPSA) is 120 Å². The number of thiazole rings is 1. The first-order valence-electron chi connectivity index (χ1n) is 19.1. The van der Waals surface area contributed by atoms with Crippen molar-refractivity contribution in [3.8, 4) is 5.75 Å². The lowest BCUT2D eigenvalue weighted by Crippen LogP contribution is -2.58. The molecule has 54 heavy (non-hydrogen) atoms. The first kappa shape index (κ1) is 40.6. The highest BCUT2D eigenvalue weighted by molar-refractivity contribution is 7.09. The number of amides is 1. The molecule has 0 aliphatic carbocycles. The van der Waals surface area contributed by atoms with Crippen LogP contribution in [0.5, 0.6) is 5.75 Å². The van der Waals surface area contributed by atoms with Crippen LogP contribution in [0.1, 0.15) is 91.7 Å². The number of ether oxygens (including phenoxy) is 1. The van der Waals surface area contributed by atoms with E-state index in [4.69, 9.17) is 20.8 Å². The van der Waals surface area contributed by atoms with Gasteiger partial charge in [-0.3, -0.25) is 19.8 Å². The molecule has 292 valence electrons. The van der Waals surface area contributed by atoms with E-state index in [1.54, 1.807) is 23.5 Å². The molecule has 2 aromatic carbocycles. The molecule has 3 N–H and O–H groups in total. The maximum Gasteiger partial charge on any atom is 0.273 e. The van der Waals surface area contributed by atoms with Gasteiger partial charge in [0.2, 0.25) is 5.56 Å². The average Bonchev–Trinajstić information content (AvgIpc) is 3.62. The van der Waals surface area contributed by atoms with Crippen molar-refractivity contribution in [3.63, 3.8) is 0 Å². The minimum absolute atomic E-state index is 0.0113. The molecule has 2 aromatic heterocycles. The number of phenolic OH excluding ortho intramolecular Hbond substituents is 1. The number of hydrogen-bond donors (Lipinski definition) is 3. The molecule has 2 aliphatic heterocycles. The van der Waals surface area contributed by atoms with Crippen LogP contribution in [-0.4, -0.2) is 89.5 Å². The number of hydrogen-bond acceptors (Lipinski definition) is 9. The Balaban J connectivity index is 1.06. The minimum Gasteiger partial charge on any atom is -0.506 e. The van der Waals surface area contributed by atoms with Gasteiger partial charge in [0.05, 0.1) is 40.9 Å². The summed E-state index contributed by atoms with van der Waals surface area (Å²) in [6.07, 6.45) is 2.04. The number of alkyl halides is 1. The lowest BCUT2D eigenvalue weighted by atomic mass is 9.89. The monoisotopic (exact) mass is 793 g/mol. The fraction of sp³-hybridized carbons (Fsp3) is 0.537. The third-order valence-electron chi connectivity index (χ3n) is 11.4. The summed E-state index contributed by atoms with van der Waals surface area (Å²) in [6.45, 7) is 20.1. The van der Waals surface area contributed by atoms with Crippen LogP contribution in [0.3, 0.4) is 0 Å². The molecule has 6 rings (SSSR count). The number of likely N-dealkylation sites (tertiary alicyclic amines) is 1. The van der Waals surface area contributed by atoms with Gasteiger partial charge in [-0.15, -0.1) is 22.9 Å². The summed E-state index contributed by atoms with van der Waals surface area (Å²) in [4.78, 5) is 37.3. The van der Waals surface area contributed by atoms with Gasteiger partial charge in [0.25, 0.3) is 5.91 Å². The van der Waals surface area contributed by atoms with Crippen molar-refractivity contribution in [2.24, 2.45) is 0 Å². The summed E-state index contributed by atoms with van der Waals surface area (Å²) in [5, 5.41) is 17.7. The summed E-state index contributed by atoms with van der Waals surface area (Å²) < 4.78 is 13.3. The highest BCUT2D eigenvalue weighted by Crippen LogP contribution is 2.41. The molecule has 0 bridgehead atoms. The number of carbonyl (C=O) groups excluding carboxylic acids is 1. The largest absolute Gasteiger partial charge is 0.506 e. The van der Waals surface area contributed by atoms with E-state index in [-0.39, 0.29) is 39.5 Å². The number of carbonyl (C=O) groups is 1. The first-order chi connectivity index (χ1) is 25.5. The molecule has 2 atom stereocenters. The van der Waals surface area contributed by atoms with E-state index in [2.05, 4.69) is 92.2 Å². The van der Waals surface area contributed by atoms with Crippen LogP contribution in [0.15, 0.2) is 58.7 Å². The number of halogens is 1. The molecule has 0 radical (unpaired) electrons. The van der Waals surface area contributed by atoms with Gasteiger partial charge in [-0.25, -0.2) is 4.98 Å². The summed E-state index contributed by atoms with van der Waals surface area (Å²) in [5.41, 5.74) is 3.31. The molecule has 13 heteroatoms. The van der Waals surface area contributed by atoms with Gasteiger partial charge in [0.15, 0.2) is 8.32 Å². The van der Waals surface area contributed by atoms with Crippen LogP contribution in [0, 0.1) is 0 Å². The molecule has 2 aliphatic rings. The van der Waals surface area contributed by atoms with Gasteiger partial charge in [0.1, 0.15) is 11.4 Å². The predicted molar refractivity (Wildman–Crippen MR) is 220 cm³/mol. The number of aromatic hydroxyl groups is 1. The summed E-state index contributed by atoms with van der Waals surface area (Å²) >= 11 is 8.55. The van der Waals surface area contributed by atoms with E-state index in [9.17, 15) is 14.7 Å². The minimum atomic E-state index is -2.23. The van der Waals surface area contributed by atoms with Gasteiger partial charge >= 0.3 is 0 Å². The Hall–Kier alpha value is -3.10. The van der Waals surface area contributed by atoms with Crippen LogP contribution < -0.4 is 10.9 Å². The molecular formula is C41H56ClN5O5SSi. The van der Waals surface area contributed by atoms with Crippen LogP contribution in [0.4, 0.5) is 0 Å². The molecule has 1 amide bonds. The second kappa shape index (κ2) is 16.6. The Labute approximate surface area is 329 Å². The van der Waals surface area contributed by atoms with Crippen molar-refractivity contribution in [1.82, 2.24) is 25.1 Å². The Morgan fingerprint density at radius 3 is 2.57 bits per heavy atom. The van der Waals surface area contributed by atoms with Crippen LogP contribution >= 0.6 is 22.9 Å². The lowest BCUT2D eigenvalue weighted by Gasteiger charge is -2.47. The first-order valence-corrected chi connectivity index (χ1v) is 23.3.